The maximum absolute atomic E-state index is 9.57. The van der Waals surface area contributed by atoms with Crippen LogP contribution in [-0.4, -0.2) is 31.1 Å². The zero-order valence-electron chi connectivity index (χ0n) is 8.71. The second-order valence-electron chi connectivity index (χ2n) is 2.59. The topological polar surface area (TPSA) is 47.9 Å². The quantitative estimate of drug-likeness (QED) is 0.467. The van der Waals surface area contributed by atoms with Gasteiger partial charge in [0.05, 0.1) is 19.8 Å². The van der Waals surface area contributed by atoms with Crippen LogP contribution >= 0.6 is 0 Å². The molecule has 0 fully saturated rings. The van der Waals surface area contributed by atoms with Gasteiger partial charge in [0.1, 0.15) is 0 Å². The van der Waals surface area contributed by atoms with Gasteiger partial charge >= 0.3 is 6.16 Å². The van der Waals surface area contributed by atoms with E-state index in [4.69, 9.17) is 14.2 Å². The van der Waals surface area contributed by atoms with Gasteiger partial charge in [0.25, 0.3) is 0 Å². The molecule has 0 spiro atoms. The summed E-state index contributed by atoms with van der Waals surface area (Å²) in [5, 5.41) is 9.57. The fourth-order valence-electron chi connectivity index (χ4n) is 0.835. The molecule has 0 aliphatic heterocycles. The molecular formula is C9H20O4. The molecule has 0 radical (unpaired) electrons. The molecule has 0 aliphatic rings. The summed E-state index contributed by atoms with van der Waals surface area (Å²) in [4.78, 5) is 0. The van der Waals surface area contributed by atoms with E-state index in [-0.39, 0.29) is 0 Å². The summed E-state index contributed by atoms with van der Waals surface area (Å²) in [6.45, 7) is 6.72. The van der Waals surface area contributed by atoms with Gasteiger partial charge in [0, 0.05) is 0 Å². The second kappa shape index (κ2) is 7.26. The highest BCUT2D eigenvalue weighted by Gasteiger charge is 2.29. The first-order chi connectivity index (χ1) is 6.18. The van der Waals surface area contributed by atoms with Crippen LogP contribution in [0.4, 0.5) is 0 Å². The lowest BCUT2D eigenvalue weighted by Crippen LogP contribution is -2.39. The molecule has 0 saturated heterocycles. The van der Waals surface area contributed by atoms with Crippen molar-refractivity contribution in [2.75, 3.05) is 19.8 Å². The van der Waals surface area contributed by atoms with Crippen LogP contribution in [0.1, 0.15) is 33.6 Å². The van der Waals surface area contributed by atoms with Gasteiger partial charge in [0.2, 0.25) is 0 Å². The van der Waals surface area contributed by atoms with Crippen LogP contribution in [-0.2, 0) is 14.2 Å². The highest BCUT2D eigenvalue weighted by Crippen LogP contribution is 2.11. The predicted octanol–water partition coefficient (Wildman–Crippen LogP) is 1.48. The molecule has 0 heterocycles. The number of ether oxygens (including phenoxy) is 3. The van der Waals surface area contributed by atoms with Crippen LogP contribution in [0.25, 0.3) is 0 Å². The van der Waals surface area contributed by atoms with E-state index >= 15 is 0 Å². The van der Waals surface area contributed by atoms with Crippen LogP contribution in [0.15, 0.2) is 0 Å². The van der Waals surface area contributed by atoms with E-state index in [1.54, 1.807) is 13.8 Å². The molecule has 13 heavy (non-hydrogen) atoms. The Hall–Kier alpha value is -0.160. The molecular weight excluding hydrogens is 172 g/mol. The van der Waals surface area contributed by atoms with Crippen molar-refractivity contribution in [3.05, 3.63) is 0 Å². The monoisotopic (exact) mass is 192 g/mol. The molecule has 4 nitrogen and oxygen atoms in total. The molecule has 0 unspecified atom stereocenters. The fourth-order valence-corrected chi connectivity index (χ4v) is 0.835. The zero-order chi connectivity index (χ0) is 10.2. The highest BCUT2D eigenvalue weighted by atomic mass is 17.0. The van der Waals surface area contributed by atoms with Gasteiger partial charge in [-0.3, -0.25) is 0 Å². The normalized spacial score (nSPS) is 12.0. The molecule has 4 heteroatoms. The van der Waals surface area contributed by atoms with Crippen molar-refractivity contribution in [3.8, 4) is 0 Å². The molecule has 0 atom stereocenters. The predicted molar refractivity (Wildman–Crippen MR) is 49.1 cm³/mol. The largest absolute Gasteiger partial charge is 0.410 e. The summed E-state index contributed by atoms with van der Waals surface area (Å²) in [5.74, 6) is 0. The van der Waals surface area contributed by atoms with Crippen LogP contribution in [0.2, 0.25) is 0 Å². The Morgan fingerprint density at radius 3 is 1.92 bits per heavy atom. The Kier molecular flexibility index (Phi) is 7.17. The molecule has 0 aliphatic carbocycles. The van der Waals surface area contributed by atoms with Crippen molar-refractivity contribution in [1.82, 2.24) is 0 Å². The minimum absolute atomic E-state index is 0.350. The van der Waals surface area contributed by atoms with Crippen LogP contribution in [0.3, 0.4) is 0 Å². The summed E-state index contributed by atoms with van der Waals surface area (Å²) in [6.07, 6.45) is 0.0372. The van der Waals surface area contributed by atoms with E-state index in [1.807, 2.05) is 6.92 Å². The third kappa shape index (κ3) is 5.99. The minimum atomic E-state index is -1.85. The number of hydrogen-bond acceptors (Lipinski definition) is 4. The van der Waals surface area contributed by atoms with Crippen LogP contribution in [0.5, 0.6) is 0 Å². The summed E-state index contributed by atoms with van der Waals surface area (Å²) < 4.78 is 14.9. The Bertz CT molecular complexity index is 110. The van der Waals surface area contributed by atoms with Crippen molar-refractivity contribution in [2.45, 2.75) is 39.8 Å². The maximum atomic E-state index is 9.57. The lowest BCUT2D eigenvalue weighted by molar-refractivity contribution is -0.483. The Morgan fingerprint density at radius 2 is 1.54 bits per heavy atom. The first kappa shape index (κ1) is 12.8. The third-order valence-electron chi connectivity index (χ3n) is 1.44. The van der Waals surface area contributed by atoms with E-state index in [0.717, 1.165) is 12.8 Å². The molecule has 0 aromatic carbocycles. The number of aliphatic hydroxyl groups is 1. The second-order valence-corrected chi connectivity index (χ2v) is 2.59. The minimum Gasteiger partial charge on any atom is -0.319 e. The summed E-state index contributed by atoms with van der Waals surface area (Å²) in [6, 6.07) is 0. The van der Waals surface area contributed by atoms with E-state index in [9.17, 15) is 5.11 Å². The Labute approximate surface area is 79.8 Å². The molecule has 0 amide bonds. The maximum Gasteiger partial charge on any atom is 0.410 e. The Morgan fingerprint density at radius 1 is 1.00 bits per heavy atom. The molecule has 0 aromatic rings. The van der Waals surface area contributed by atoms with Crippen molar-refractivity contribution in [3.63, 3.8) is 0 Å². The molecule has 0 saturated carbocycles. The number of rotatable bonds is 8. The third-order valence-corrected chi connectivity index (χ3v) is 1.44. The van der Waals surface area contributed by atoms with E-state index in [0.29, 0.717) is 19.8 Å². The standard InChI is InChI=1S/C9H20O4/c1-4-7-8-13-9(10,11-5-2)12-6-3/h10H,4-8H2,1-3H3. The Balaban J connectivity index is 3.76. The van der Waals surface area contributed by atoms with Crippen LogP contribution in [0, 0.1) is 0 Å². The van der Waals surface area contributed by atoms with Gasteiger partial charge in [-0.05, 0) is 20.3 Å². The first-order valence-electron chi connectivity index (χ1n) is 4.82. The summed E-state index contributed by atoms with van der Waals surface area (Å²) >= 11 is 0. The highest BCUT2D eigenvalue weighted by molar-refractivity contribution is 4.38. The van der Waals surface area contributed by atoms with Gasteiger partial charge in [-0.25, -0.2) is 0 Å². The fraction of sp³-hybridized carbons (Fsp3) is 1.00. The van der Waals surface area contributed by atoms with Gasteiger partial charge in [-0.15, -0.1) is 0 Å². The summed E-state index contributed by atoms with van der Waals surface area (Å²) in [7, 11) is 0. The zero-order valence-corrected chi connectivity index (χ0v) is 8.71. The molecule has 1 N–H and O–H groups in total. The smallest absolute Gasteiger partial charge is 0.319 e. The van der Waals surface area contributed by atoms with Crippen molar-refractivity contribution >= 4 is 0 Å². The lowest BCUT2D eigenvalue weighted by atomic mass is 10.4. The van der Waals surface area contributed by atoms with E-state index in [2.05, 4.69) is 0 Å². The molecule has 0 aromatic heterocycles. The molecule has 0 rings (SSSR count). The average Bonchev–Trinajstić information content (AvgIpc) is 2.05. The molecule has 80 valence electrons. The molecule has 0 bridgehead atoms. The van der Waals surface area contributed by atoms with Gasteiger partial charge in [-0.2, -0.15) is 0 Å². The summed E-state index contributed by atoms with van der Waals surface area (Å²) in [5.41, 5.74) is 0. The number of hydrogen-bond donors (Lipinski definition) is 1. The van der Waals surface area contributed by atoms with Crippen molar-refractivity contribution in [2.24, 2.45) is 0 Å². The van der Waals surface area contributed by atoms with E-state index in [1.165, 1.54) is 0 Å². The first-order valence-corrected chi connectivity index (χ1v) is 4.82. The van der Waals surface area contributed by atoms with Gasteiger partial charge in [0.15, 0.2) is 0 Å². The van der Waals surface area contributed by atoms with E-state index < -0.39 is 6.16 Å². The van der Waals surface area contributed by atoms with Gasteiger partial charge < -0.3 is 19.3 Å². The lowest BCUT2D eigenvalue weighted by Gasteiger charge is -2.25. The number of unbranched alkanes of at least 4 members (excludes halogenated alkanes) is 1. The average molecular weight is 192 g/mol. The SMILES string of the molecule is CCCCOC(O)(OCC)OCC. The van der Waals surface area contributed by atoms with Crippen molar-refractivity contribution in [1.29, 1.82) is 0 Å². The van der Waals surface area contributed by atoms with Gasteiger partial charge in [-0.1, -0.05) is 13.3 Å². The van der Waals surface area contributed by atoms with Crippen LogP contribution < -0.4 is 0 Å². The van der Waals surface area contributed by atoms with Crippen molar-refractivity contribution < 1.29 is 19.3 Å².